The number of carbonyl (C=O) groups excluding carboxylic acids is 1. The number of ether oxygens (including phenoxy) is 1. The lowest BCUT2D eigenvalue weighted by Gasteiger charge is -2.11. The first-order valence-corrected chi connectivity index (χ1v) is 7.28. The van der Waals surface area contributed by atoms with Crippen molar-refractivity contribution in [2.75, 3.05) is 12.4 Å². The number of Topliss-reactive ketones (excluding diaryl/α,β-unsaturated/α-hetero) is 1. The molecule has 0 atom stereocenters. The molecular formula is C17H18N2O2S. The summed E-state index contributed by atoms with van der Waals surface area (Å²) < 4.78 is 5.12. The van der Waals surface area contributed by atoms with Gasteiger partial charge in [0.1, 0.15) is 5.75 Å². The monoisotopic (exact) mass is 314 g/mol. The van der Waals surface area contributed by atoms with Gasteiger partial charge in [-0.15, -0.1) is 0 Å². The zero-order valence-electron chi connectivity index (χ0n) is 12.6. The summed E-state index contributed by atoms with van der Waals surface area (Å²) in [5.41, 5.74) is 2.64. The van der Waals surface area contributed by atoms with Gasteiger partial charge in [0.05, 0.1) is 7.11 Å². The third kappa shape index (κ3) is 4.56. The lowest BCUT2D eigenvalue weighted by atomic mass is 10.1. The third-order valence-corrected chi connectivity index (χ3v) is 3.41. The van der Waals surface area contributed by atoms with Crippen LogP contribution >= 0.6 is 12.2 Å². The van der Waals surface area contributed by atoms with Crippen LogP contribution < -0.4 is 15.4 Å². The quantitative estimate of drug-likeness (QED) is 0.654. The van der Waals surface area contributed by atoms with Crippen molar-refractivity contribution in [3.05, 3.63) is 59.7 Å². The van der Waals surface area contributed by atoms with E-state index in [1.54, 1.807) is 26.2 Å². The van der Waals surface area contributed by atoms with Crippen LogP contribution in [0.25, 0.3) is 0 Å². The highest BCUT2D eigenvalue weighted by Crippen LogP contribution is 2.12. The number of methoxy groups -OCH3 is 1. The molecule has 2 rings (SSSR count). The minimum atomic E-state index is 0.0479. The van der Waals surface area contributed by atoms with Crippen molar-refractivity contribution < 1.29 is 9.53 Å². The molecule has 22 heavy (non-hydrogen) atoms. The zero-order chi connectivity index (χ0) is 15.9. The van der Waals surface area contributed by atoms with Crippen molar-refractivity contribution in [2.45, 2.75) is 13.5 Å². The van der Waals surface area contributed by atoms with Gasteiger partial charge in [-0.05, 0) is 61.1 Å². The van der Waals surface area contributed by atoms with Gasteiger partial charge in [0, 0.05) is 17.8 Å². The van der Waals surface area contributed by atoms with Crippen LogP contribution in [0.2, 0.25) is 0 Å². The van der Waals surface area contributed by atoms with E-state index in [4.69, 9.17) is 17.0 Å². The van der Waals surface area contributed by atoms with E-state index in [-0.39, 0.29) is 5.78 Å². The maximum absolute atomic E-state index is 11.2. The Morgan fingerprint density at radius 2 is 1.73 bits per heavy atom. The zero-order valence-corrected chi connectivity index (χ0v) is 13.4. The maximum Gasteiger partial charge on any atom is 0.171 e. The third-order valence-electron chi connectivity index (χ3n) is 3.16. The van der Waals surface area contributed by atoms with Crippen LogP contribution in [0.5, 0.6) is 5.75 Å². The second kappa shape index (κ2) is 7.56. The fraction of sp³-hybridized carbons (Fsp3) is 0.176. The second-order valence-electron chi connectivity index (χ2n) is 4.79. The van der Waals surface area contributed by atoms with E-state index in [0.29, 0.717) is 17.2 Å². The molecule has 0 aliphatic heterocycles. The summed E-state index contributed by atoms with van der Waals surface area (Å²) in [5.74, 6) is 0.877. The topological polar surface area (TPSA) is 50.4 Å². The highest BCUT2D eigenvalue weighted by Gasteiger charge is 2.01. The summed E-state index contributed by atoms with van der Waals surface area (Å²) in [7, 11) is 1.64. The van der Waals surface area contributed by atoms with Crippen molar-refractivity contribution in [3.8, 4) is 5.75 Å². The van der Waals surface area contributed by atoms with Crippen molar-refractivity contribution >= 4 is 28.8 Å². The van der Waals surface area contributed by atoms with Gasteiger partial charge in [0.25, 0.3) is 0 Å². The van der Waals surface area contributed by atoms with Gasteiger partial charge in [-0.25, -0.2) is 0 Å². The van der Waals surface area contributed by atoms with Crippen molar-refractivity contribution in [1.82, 2.24) is 5.32 Å². The Balaban J connectivity index is 1.85. The Morgan fingerprint density at radius 1 is 1.09 bits per heavy atom. The molecule has 0 saturated heterocycles. The van der Waals surface area contributed by atoms with Crippen LogP contribution in [-0.2, 0) is 6.54 Å². The molecular weight excluding hydrogens is 296 g/mol. The van der Waals surface area contributed by atoms with Crippen molar-refractivity contribution in [2.24, 2.45) is 0 Å². The van der Waals surface area contributed by atoms with Crippen LogP contribution in [0, 0.1) is 0 Å². The molecule has 0 spiro atoms. The molecule has 4 nitrogen and oxygen atoms in total. The Morgan fingerprint density at radius 3 is 2.27 bits per heavy atom. The molecule has 0 bridgehead atoms. The first-order valence-electron chi connectivity index (χ1n) is 6.87. The van der Waals surface area contributed by atoms with Crippen molar-refractivity contribution in [3.63, 3.8) is 0 Å². The molecule has 2 aromatic rings. The number of nitrogens with one attached hydrogen (secondary N) is 2. The summed E-state index contributed by atoms with van der Waals surface area (Å²) >= 11 is 5.25. The second-order valence-corrected chi connectivity index (χ2v) is 5.20. The highest BCUT2D eigenvalue weighted by molar-refractivity contribution is 7.80. The number of carbonyl (C=O) groups is 1. The number of thiocarbonyl (C=S) groups is 1. The molecule has 0 amide bonds. The number of hydrogen-bond donors (Lipinski definition) is 2. The summed E-state index contributed by atoms with van der Waals surface area (Å²) in [4.78, 5) is 11.2. The minimum absolute atomic E-state index is 0.0479. The van der Waals surface area contributed by atoms with Gasteiger partial charge in [0.2, 0.25) is 0 Å². The Kier molecular flexibility index (Phi) is 5.49. The van der Waals surface area contributed by atoms with Crippen LogP contribution in [0.15, 0.2) is 48.5 Å². The summed E-state index contributed by atoms with van der Waals surface area (Å²) in [6, 6.07) is 15.0. The first kappa shape index (κ1) is 16.0. The average Bonchev–Trinajstić information content (AvgIpc) is 2.54. The van der Waals surface area contributed by atoms with E-state index in [2.05, 4.69) is 10.6 Å². The number of benzene rings is 2. The summed E-state index contributed by atoms with van der Waals surface area (Å²) in [5, 5.41) is 6.75. The largest absolute Gasteiger partial charge is 0.497 e. The smallest absolute Gasteiger partial charge is 0.171 e. The highest BCUT2D eigenvalue weighted by atomic mass is 32.1. The van der Waals surface area contributed by atoms with Gasteiger partial charge in [-0.2, -0.15) is 0 Å². The van der Waals surface area contributed by atoms with E-state index in [0.717, 1.165) is 17.0 Å². The van der Waals surface area contributed by atoms with Crippen LogP contribution in [0.1, 0.15) is 22.8 Å². The maximum atomic E-state index is 11.2. The molecule has 2 N–H and O–H groups in total. The summed E-state index contributed by atoms with van der Waals surface area (Å²) in [6.45, 7) is 2.17. The van der Waals surface area contributed by atoms with E-state index in [9.17, 15) is 4.79 Å². The van der Waals surface area contributed by atoms with Gasteiger partial charge < -0.3 is 15.4 Å². The Bertz CT molecular complexity index is 651. The molecule has 0 aliphatic rings. The molecule has 0 aromatic heterocycles. The predicted molar refractivity (Wildman–Crippen MR) is 92.5 cm³/mol. The molecule has 0 aliphatic carbocycles. The molecule has 0 unspecified atom stereocenters. The fourth-order valence-corrected chi connectivity index (χ4v) is 2.08. The number of anilines is 1. The molecule has 5 heteroatoms. The molecule has 0 heterocycles. The number of rotatable bonds is 5. The average molecular weight is 314 g/mol. The standard InChI is InChI=1S/C17H18N2O2S/c1-12(20)14-5-7-15(8-6-14)19-17(22)18-11-13-3-9-16(21-2)10-4-13/h3-10H,11H2,1-2H3,(H2,18,19,22). The van der Waals surface area contributed by atoms with E-state index in [1.807, 2.05) is 36.4 Å². The normalized spacial score (nSPS) is 9.91. The minimum Gasteiger partial charge on any atom is -0.497 e. The van der Waals surface area contributed by atoms with Crippen LogP contribution in [0.4, 0.5) is 5.69 Å². The van der Waals surface area contributed by atoms with Crippen LogP contribution in [0.3, 0.4) is 0 Å². The van der Waals surface area contributed by atoms with Gasteiger partial charge >= 0.3 is 0 Å². The Labute approximate surface area is 135 Å². The number of ketones is 1. The molecule has 0 radical (unpaired) electrons. The molecule has 0 fully saturated rings. The van der Waals surface area contributed by atoms with Gasteiger partial charge in [0.15, 0.2) is 10.9 Å². The van der Waals surface area contributed by atoms with E-state index < -0.39 is 0 Å². The van der Waals surface area contributed by atoms with Crippen molar-refractivity contribution in [1.29, 1.82) is 0 Å². The Hall–Kier alpha value is -2.40. The number of hydrogen-bond acceptors (Lipinski definition) is 3. The lowest BCUT2D eigenvalue weighted by Crippen LogP contribution is -2.27. The van der Waals surface area contributed by atoms with E-state index in [1.165, 1.54) is 0 Å². The molecule has 2 aromatic carbocycles. The summed E-state index contributed by atoms with van der Waals surface area (Å²) in [6.07, 6.45) is 0. The predicted octanol–water partition coefficient (Wildman–Crippen LogP) is 3.38. The first-order chi connectivity index (χ1) is 10.6. The molecule has 114 valence electrons. The van der Waals surface area contributed by atoms with Crippen LogP contribution in [-0.4, -0.2) is 18.0 Å². The molecule has 0 saturated carbocycles. The SMILES string of the molecule is COc1ccc(CNC(=S)Nc2ccc(C(C)=O)cc2)cc1. The van der Waals surface area contributed by atoms with Gasteiger partial charge in [-0.3, -0.25) is 4.79 Å². The van der Waals surface area contributed by atoms with E-state index >= 15 is 0 Å². The van der Waals surface area contributed by atoms with Gasteiger partial charge in [-0.1, -0.05) is 12.1 Å². The fourth-order valence-electron chi connectivity index (χ4n) is 1.89. The lowest BCUT2D eigenvalue weighted by molar-refractivity contribution is 0.101.